The number of nitrogens with zero attached hydrogens (tertiary/aromatic N) is 2. The van der Waals surface area contributed by atoms with Gasteiger partial charge in [-0.25, -0.2) is 0 Å². The van der Waals surface area contributed by atoms with Gasteiger partial charge in [-0.05, 0) is 56.8 Å². The van der Waals surface area contributed by atoms with Crippen molar-refractivity contribution in [1.82, 2.24) is 15.1 Å². The largest absolute Gasteiger partial charge is 0.471 e. The van der Waals surface area contributed by atoms with Crippen LogP contribution in [0.25, 0.3) is 0 Å². The van der Waals surface area contributed by atoms with Crippen LogP contribution in [0.1, 0.15) is 42.9 Å². The van der Waals surface area contributed by atoms with E-state index in [-0.39, 0.29) is 19.0 Å². The summed E-state index contributed by atoms with van der Waals surface area (Å²) in [5, 5.41) is 2.82. The molecular weight excluding hydrogens is 371 g/mol. The zero-order valence-electron chi connectivity index (χ0n) is 16.0. The number of hydrogen-bond donors (Lipinski definition) is 1. The SMILES string of the molecule is Cc1ccccc1C(CNC(=O)C1CCCN1C(=O)C(F)(F)F)N1CCCC1. The quantitative estimate of drug-likeness (QED) is 0.831. The van der Waals surface area contributed by atoms with Crippen LogP contribution < -0.4 is 5.32 Å². The van der Waals surface area contributed by atoms with Gasteiger partial charge in [0.15, 0.2) is 0 Å². The second kappa shape index (κ2) is 8.51. The fraction of sp³-hybridized carbons (Fsp3) is 0.600. The highest BCUT2D eigenvalue weighted by molar-refractivity contribution is 5.90. The van der Waals surface area contributed by atoms with E-state index in [0.717, 1.165) is 37.1 Å². The first-order valence-corrected chi connectivity index (χ1v) is 9.74. The zero-order chi connectivity index (χ0) is 20.3. The van der Waals surface area contributed by atoms with Crippen LogP contribution in [-0.4, -0.2) is 60.0 Å². The number of likely N-dealkylation sites (tertiary alicyclic amines) is 2. The number of rotatable bonds is 5. The summed E-state index contributed by atoms with van der Waals surface area (Å²) in [6.45, 7) is 4.15. The molecular formula is C20H26F3N3O2. The molecule has 5 nitrogen and oxygen atoms in total. The first-order valence-electron chi connectivity index (χ1n) is 9.74. The highest BCUT2D eigenvalue weighted by atomic mass is 19.4. The summed E-state index contributed by atoms with van der Waals surface area (Å²) < 4.78 is 38.4. The number of hydrogen-bond acceptors (Lipinski definition) is 3. The van der Waals surface area contributed by atoms with E-state index in [1.54, 1.807) is 0 Å². The van der Waals surface area contributed by atoms with Crippen molar-refractivity contribution < 1.29 is 22.8 Å². The Morgan fingerprint density at radius 1 is 1.14 bits per heavy atom. The molecule has 28 heavy (non-hydrogen) atoms. The summed E-state index contributed by atoms with van der Waals surface area (Å²) in [4.78, 5) is 27.2. The zero-order valence-corrected chi connectivity index (χ0v) is 16.0. The molecule has 0 saturated carbocycles. The van der Waals surface area contributed by atoms with Crippen LogP contribution in [0, 0.1) is 6.92 Å². The Kier molecular flexibility index (Phi) is 6.27. The van der Waals surface area contributed by atoms with Gasteiger partial charge >= 0.3 is 12.1 Å². The van der Waals surface area contributed by atoms with Gasteiger partial charge in [0.25, 0.3) is 0 Å². The second-order valence-electron chi connectivity index (χ2n) is 7.51. The normalized spacial score (nSPS) is 21.7. The molecule has 8 heteroatoms. The molecule has 2 aliphatic rings. The smallest absolute Gasteiger partial charge is 0.352 e. The van der Waals surface area contributed by atoms with Crippen LogP contribution in [-0.2, 0) is 9.59 Å². The number of amides is 2. The maximum Gasteiger partial charge on any atom is 0.471 e. The first-order chi connectivity index (χ1) is 13.3. The molecule has 2 unspecified atom stereocenters. The molecule has 0 bridgehead atoms. The lowest BCUT2D eigenvalue weighted by molar-refractivity contribution is -0.186. The van der Waals surface area contributed by atoms with Crippen molar-refractivity contribution in [2.45, 2.75) is 50.9 Å². The maximum absolute atomic E-state index is 12.8. The molecule has 0 aliphatic carbocycles. The van der Waals surface area contributed by atoms with Crippen molar-refractivity contribution in [2.24, 2.45) is 0 Å². The number of alkyl halides is 3. The molecule has 2 atom stereocenters. The lowest BCUT2D eigenvalue weighted by Gasteiger charge is -2.31. The highest BCUT2D eigenvalue weighted by Crippen LogP contribution is 2.28. The highest BCUT2D eigenvalue weighted by Gasteiger charge is 2.47. The number of halogens is 3. The number of carbonyl (C=O) groups is 2. The van der Waals surface area contributed by atoms with E-state index < -0.39 is 24.0 Å². The van der Waals surface area contributed by atoms with Gasteiger partial charge < -0.3 is 10.2 Å². The summed E-state index contributed by atoms with van der Waals surface area (Å²) in [6.07, 6.45) is -2.12. The summed E-state index contributed by atoms with van der Waals surface area (Å²) >= 11 is 0. The van der Waals surface area contributed by atoms with Gasteiger partial charge in [0.2, 0.25) is 5.91 Å². The number of benzene rings is 1. The van der Waals surface area contributed by atoms with Gasteiger partial charge in [0.05, 0.1) is 6.04 Å². The van der Waals surface area contributed by atoms with Crippen molar-refractivity contribution in [3.05, 3.63) is 35.4 Å². The van der Waals surface area contributed by atoms with Crippen LogP contribution >= 0.6 is 0 Å². The third-order valence-electron chi connectivity index (χ3n) is 5.66. The Morgan fingerprint density at radius 2 is 1.82 bits per heavy atom. The van der Waals surface area contributed by atoms with E-state index in [4.69, 9.17) is 0 Å². The monoisotopic (exact) mass is 397 g/mol. The van der Waals surface area contributed by atoms with Gasteiger partial charge in [-0.1, -0.05) is 24.3 Å². The second-order valence-corrected chi connectivity index (χ2v) is 7.51. The summed E-state index contributed by atoms with van der Waals surface area (Å²) in [5.74, 6) is -2.44. The molecule has 2 aliphatic heterocycles. The average molecular weight is 397 g/mol. The summed E-state index contributed by atoms with van der Waals surface area (Å²) in [7, 11) is 0. The van der Waals surface area contributed by atoms with Crippen LogP contribution in [0.3, 0.4) is 0 Å². The van der Waals surface area contributed by atoms with Crippen LogP contribution in [0.4, 0.5) is 13.2 Å². The molecule has 1 aromatic rings. The third kappa shape index (κ3) is 4.48. The molecule has 3 rings (SSSR count). The van der Waals surface area contributed by atoms with Gasteiger partial charge in [-0.2, -0.15) is 13.2 Å². The predicted molar refractivity (Wildman–Crippen MR) is 98.5 cm³/mol. The van der Waals surface area contributed by atoms with Crippen LogP contribution in [0.15, 0.2) is 24.3 Å². The van der Waals surface area contributed by atoms with E-state index in [9.17, 15) is 22.8 Å². The van der Waals surface area contributed by atoms with Gasteiger partial charge in [-0.3, -0.25) is 14.5 Å². The first kappa shape index (κ1) is 20.6. The Hall–Kier alpha value is -2.09. The minimum absolute atomic E-state index is 0.0270. The van der Waals surface area contributed by atoms with Crippen molar-refractivity contribution >= 4 is 11.8 Å². The van der Waals surface area contributed by atoms with Crippen LogP contribution in [0.2, 0.25) is 0 Å². The lowest BCUT2D eigenvalue weighted by Crippen LogP contribution is -2.51. The Bertz CT molecular complexity index is 717. The van der Waals surface area contributed by atoms with E-state index in [1.807, 2.05) is 31.2 Å². The Morgan fingerprint density at radius 3 is 2.46 bits per heavy atom. The topological polar surface area (TPSA) is 52.7 Å². The van der Waals surface area contributed by atoms with Gasteiger partial charge in [-0.15, -0.1) is 0 Å². The molecule has 1 N–H and O–H groups in total. The minimum Gasteiger partial charge on any atom is -0.352 e. The molecule has 2 saturated heterocycles. The molecule has 154 valence electrons. The summed E-state index contributed by atoms with van der Waals surface area (Å²) in [6, 6.07) is 6.87. The summed E-state index contributed by atoms with van der Waals surface area (Å²) in [5.41, 5.74) is 2.22. The maximum atomic E-state index is 12.8. The number of aryl methyl sites for hydroxylation is 1. The third-order valence-corrected chi connectivity index (χ3v) is 5.66. The van der Waals surface area contributed by atoms with Gasteiger partial charge in [0, 0.05) is 13.1 Å². The van der Waals surface area contributed by atoms with E-state index in [2.05, 4.69) is 10.2 Å². The number of nitrogens with one attached hydrogen (secondary N) is 1. The van der Waals surface area contributed by atoms with Crippen LogP contribution in [0.5, 0.6) is 0 Å². The molecule has 2 amide bonds. The number of carbonyl (C=O) groups excluding carboxylic acids is 2. The predicted octanol–water partition coefficient (Wildman–Crippen LogP) is 2.80. The fourth-order valence-corrected chi connectivity index (χ4v) is 4.21. The van der Waals surface area contributed by atoms with Crippen molar-refractivity contribution in [3.63, 3.8) is 0 Å². The standard InChI is InChI=1S/C20H26F3N3O2/c1-14-7-2-3-8-15(14)17(25-10-4-5-11-25)13-24-18(27)16-9-6-12-26(16)19(28)20(21,22)23/h2-3,7-8,16-17H,4-6,9-13H2,1H3,(H,24,27). The van der Waals surface area contributed by atoms with Crippen molar-refractivity contribution in [1.29, 1.82) is 0 Å². The van der Waals surface area contributed by atoms with Crippen molar-refractivity contribution in [3.8, 4) is 0 Å². The fourth-order valence-electron chi connectivity index (χ4n) is 4.21. The molecule has 1 aromatic carbocycles. The van der Waals surface area contributed by atoms with Crippen molar-refractivity contribution in [2.75, 3.05) is 26.2 Å². The minimum atomic E-state index is -4.96. The van der Waals surface area contributed by atoms with E-state index >= 15 is 0 Å². The van der Waals surface area contributed by atoms with E-state index in [0.29, 0.717) is 17.9 Å². The van der Waals surface area contributed by atoms with E-state index in [1.165, 1.54) is 0 Å². The van der Waals surface area contributed by atoms with Gasteiger partial charge in [0.1, 0.15) is 6.04 Å². The molecule has 2 heterocycles. The molecule has 2 fully saturated rings. The molecule has 0 radical (unpaired) electrons. The average Bonchev–Trinajstić information content (AvgIpc) is 3.33. The Balaban J connectivity index is 1.70. The molecule has 0 spiro atoms. The molecule has 0 aromatic heterocycles. The Labute approximate surface area is 162 Å². The lowest BCUT2D eigenvalue weighted by atomic mass is 10.00.